The number of hydrogen-bond acceptors (Lipinski definition) is 3. The van der Waals surface area contributed by atoms with Crippen molar-refractivity contribution in [2.75, 3.05) is 12.3 Å². The molecule has 1 aliphatic heterocycles. The van der Waals surface area contributed by atoms with Crippen LogP contribution >= 0.6 is 11.6 Å². The van der Waals surface area contributed by atoms with E-state index in [-0.39, 0.29) is 22.2 Å². The highest BCUT2D eigenvalue weighted by Crippen LogP contribution is 2.17. The van der Waals surface area contributed by atoms with Gasteiger partial charge in [0.25, 0.3) is 5.91 Å². The number of amides is 1. The first-order valence-electron chi connectivity index (χ1n) is 5.74. The van der Waals surface area contributed by atoms with Crippen LogP contribution in [0.5, 0.6) is 0 Å². The minimum absolute atomic E-state index is 0.0252. The van der Waals surface area contributed by atoms with E-state index in [4.69, 9.17) is 11.6 Å². The highest BCUT2D eigenvalue weighted by Gasteiger charge is 2.28. The number of allylic oxidation sites excluding steroid dienone is 2. The molecule has 4 nitrogen and oxygen atoms in total. The molecule has 1 heterocycles. The Morgan fingerprint density at radius 1 is 1.35 bits per heavy atom. The lowest BCUT2D eigenvalue weighted by Crippen LogP contribution is -2.39. The van der Waals surface area contributed by atoms with Gasteiger partial charge in [0.2, 0.25) is 0 Å². The van der Waals surface area contributed by atoms with Crippen LogP contribution in [-0.2, 0) is 14.6 Å². The Morgan fingerprint density at radius 2 is 2.10 bits per heavy atom. The maximum Gasteiger partial charge on any atom is 0.262 e. The van der Waals surface area contributed by atoms with Gasteiger partial charge in [-0.05, 0) is 23.8 Å². The molecule has 0 aliphatic carbocycles. The van der Waals surface area contributed by atoms with Crippen LogP contribution in [0.1, 0.15) is 5.56 Å². The molecule has 1 aromatic carbocycles. The van der Waals surface area contributed by atoms with Gasteiger partial charge < -0.3 is 5.32 Å². The molecule has 0 saturated carbocycles. The molecule has 0 radical (unpaired) electrons. The number of benzene rings is 1. The molecule has 1 saturated heterocycles. The van der Waals surface area contributed by atoms with E-state index in [0.29, 0.717) is 5.56 Å². The molecule has 2 rings (SSSR count). The van der Waals surface area contributed by atoms with Crippen molar-refractivity contribution in [3.05, 3.63) is 51.7 Å². The lowest BCUT2D eigenvalue weighted by molar-refractivity contribution is -0.116. The van der Waals surface area contributed by atoms with E-state index in [1.165, 1.54) is 36.4 Å². The minimum Gasteiger partial charge on any atom is -0.350 e. The summed E-state index contributed by atoms with van der Waals surface area (Å²) in [7, 11) is -3.53. The summed E-state index contributed by atoms with van der Waals surface area (Å²) in [6.45, 7) is 0.121. The number of hydrogen-bond donors (Lipinski definition) is 1. The van der Waals surface area contributed by atoms with Gasteiger partial charge in [-0.2, -0.15) is 0 Å². The Morgan fingerprint density at radius 3 is 2.75 bits per heavy atom. The van der Waals surface area contributed by atoms with Gasteiger partial charge >= 0.3 is 0 Å². The van der Waals surface area contributed by atoms with Gasteiger partial charge in [-0.1, -0.05) is 29.8 Å². The van der Waals surface area contributed by atoms with Crippen molar-refractivity contribution in [2.24, 2.45) is 0 Å². The molecule has 0 bridgehead atoms. The predicted octanol–water partition coefficient (Wildman–Crippen LogP) is 1.92. The SMILES string of the molecule is O=C1NCCS(=O)(=O)/C1=C/C=C/c1ccc(F)c(Cl)c1. The Kier molecular flexibility index (Phi) is 4.25. The summed E-state index contributed by atoms with van der Waals surface area (Å²) in [5.74, 6) is -1.25. The number of halogens is 2. The number of carbonyl (C=O) groups excluding carboxylic acids is 1. The standard InChI is InChI=1S/C13H11ClFNO3S/c14-10-8-9(4-5-11(10)15)2-1-3-12-13(17)16-6-7-20(12,18)19/h1-5,8H,6-7H2,(H,16,17)/b2-1+,12-3+. The number of sulfone groups is 1. The van der Waals surface area contributed by atoms with Crippen LogP contribution in [0.2, 0.25) is 5.02 Å². The van der Waals surface area contributed by atoms with E-state index in [1.54, 1.807) is 0 Å². The van der Waals surface area contributed by atoms with Crippen LogP contribution in [0.3, 0.4) is 0 Å². The predicted molar refractivity (Wildman–Crippen MR) is 75.3 cm³/mol. The Hall–Kier alpha value is -1.66. The first kappa shape index (κ1) is 14.7. The molecule has 1 N–H and O–H groups in total. The Balaban J connectivity index is 2.25. The van der Waals surface area contributed by atoms with Gasteiger partial charge in [0.1, 0.15) is 10.7 Å². The summed E-state index contributed by atoms with van der Waals surface area (Å²) in [5.41, 5.74) is 0.599. The van der Waals surface area contributed by atoms with Crippen LogP contribution in [0, 0.1) is 5.82 Å². The fraction of sp³-hybridized carbons (Fsp3) is 0.154. The second-order valence-electron chi connectivity index (χ2n) is 4.14. The summed E-state index contributed by atoms with van der Waals surface area (Å²) in [6.07, 6.45) is 4.18. The smallest absolute Gasteiger partial charge is 0.262 e. The van der Waals surface area contributed by atoms with E-state index >= 15 is 0 Å². The maximum atomic E-state index is 13.0. The van der Waals surface area contributed by atoms with Crippen molar-refractivity contribution in [2.45, 2.75) is 0 Å². The topological polar surface area (TPSA) is 63.2 Å². The number of rotatable bonds is 2. The summed E-state index contributed by atoms with van der Waals surface area (Å²) in [5, 5.41) is 2.44. The third-order valence-corrected chi connectivity index (χ3v) is 4.72. The normalized spacial score (nSPS) is 20.3. The zero-order valence-electron chi connectivity index (χ0n) is 10.3. The van der Waals surface area contributed by atoms with Crippen LogP contribution in [0.25, 0.3) is 6.08 Å². The minimum atomic E-state index is -3.53. The van der Waals surface area contributed by atoms with Crippen LogP contribution in [-0.4, -0.2) is 26.6 Å². The molecule has 106 valence electrons. The van der Waals surface area contributed by atoms with E-state index in [9.17, 15) is 17.6 Å². The summed E-state index contributed by atoms with van der Waals surface area (Å²) < 4.78 is 36.4. The van der Waals surface area contributed by atoms with Gasteiger partial charge in [-0.15, -0.1) is 0 Å². The van der Waals surface area contributed by atoms with Gasteiger partial charge in [0.05, 0.1) is 10.8 Å². The third kappa shape index (κ3) is 3.26. The Labute approximate surface area is 120 Å². The van der Waals surface area contributed by atoms with E-state index < -0.39 is 21.6 Å². The van der Waals surface area contributed by atoms with E-state index in [1.807, 2.05) is 0 Å². The molecule has 0 spiro atoms. The highest BCUT2D eigenvalue weighted by atomic mass is 35.5. The van der Waals surface area contributed by atoms with Gasteiger partial charge in [0.15, 0.2) is 9.84 Å². The van der Waals surface area contributed by atoms with Gasteiger partial charge in [0, 0.05) is 6.54 Å². The quantitative estimate of drug-likeness (QED) is 0.848. The highest BCUT2D eigenvalue weighted by molar-refractivity contribution is 7.96. The maximum absolute atomic E-state index is 13.0. The first-order chi connectivity index (χ1) is 9.40. The summed E-state index contributed by atoms with van der Waals surface area (Å²) in [4.78, 5) is 11.2. The molecule has 0 atom stereocenters. The molecule has 0 aromatic heterocycles. The zero-order valence-corrected chi connectivity index (χ0v) is 11.8. The molecule has 20 heavy (non-hydrogen) atoms. The average molecular weight is 316 g/mol. The molecular formula is C13H11ClFNO3S. The van der Waals surface area contributed by atoms with Crippen LogP contribution in [0.15, 0.2) is 35.3 Å². The molecule has 1 fully saturated rings. The number of carbonyl (C=O) groups is 1. The van der Waals surface area contributed by atoms with Crippen molar-refractivity contribution in [1.29, 1.82) is 0 Å². The Bertz CT molecular complexity index is 710. The van der Waals surface area contributed by atoms with Crippen molar-refractivity contribution >= 4 is 33.4 Å². The largest absolute Gasteiger partial charge is 0.350 e. The second kappa shape index (κ2) is 5.76. The zero-order chi connectivity index (χ0) is 14.8. The fourth-order valence-corrected chi connectivity index (χ4v) is 3.10. The van der Waals surface area contributed by atoms with Crippen LogP contribution < -0.4 is 5.32 Å². The van der Waals surface area contributed by atoms with E-state index in [2.05, 4.69) is 5.32 Å². The van der Waals surface area contributed by atoms with Gasteiger partial charge in [-0.25, -0.2) is 12.8 Å². The molecular weight excluding hydrogens is 305 g/mol. The van der Waals surface area contributed by atoms with Gasteiger partial charge in [-0.3, -0.25) is 4.79 Å². The first-order valence-corrected chi connectivity index (χ1v) is 7.77. The number of nitrogens with one attached hydrogen (secondary N) is 1. The molecule has 7 heteroatoms. The van der Waals surface area contributed by atoms with Crippen molar-refractivity contribution < 1.29 is 17.6 Å². The lowest BCUT2D eigenvalue weighted by Gasteiger charge is -2.14. The van der Waals surface area contributed by atoms with Crippen molar-refractivity contribution in [1.82, 2.24) is 5.32 Å². The third-order valence-electron chi connectivity index (χ3n) is 2.70. The lowest BCUT2D eigenvalue weighted by atomic mass is 10.2. The van der Waals surface area contributed by atoms with Crippen molar-refractivity contribution in [3.8, 4) is 0 Å². The van der Waals surface area contributed by atoms with Crippen molar-refractivity contribution in [3.63, 3.8) is 0 Å². The summed E-state index contributed by atoms with van der Waals surface area (Å²) in [6, 6.07) is 4.10. The monoisotopic (exact) mass is 315 g/mol. The molecule has 0 unspecified atom stereocenters. The van der Waals surface area contributed by atoms with E-state index in [0.717, 1.165) is 0 Å². The molecule has 1 aromatic rings. The average Bonchev–Trinajstić information content (AvgIpc) is 2.37. The fourth-order valence-electron chi connectivity index (χ4n) is 1.68. The van der Waals surface area contributed by atoms with Crippen LogP contribution in [0.4, 0.5) is 4.39 Å². The molecule has 1 aliphatic rings. The summed E-state index contributed by atoms with van der Waals surface area (Å²) >= 11 is 5.63. The molecule has 1 amide bonds. The second-order valence-corrected chi connectivity index (χ2v) is 6.62.